The van der Waals surface area contributed by atoms with Crippen LogP contribution in [0.25, 0.3) is 0 Å². The number of rotatable bonds is 2. The molecule has 0 aromatic carbocycles. The van der Waals surface area contributed by atoms with Crippen LogP contribution in [0.1, 0.15) is 27.2 Å². The van der Waals surface area contributed by atoms with Crippen molar-refractivity contribution >= 4 is 12.0 Å². The van der Waals surface area contributed by atoms with Gasteiger partial charge in [0.15, 0.2) is 0 Å². The van der Waals surface area contributed by atoms with Gasteiger partial charge in [-0.25, -0.2) is 4.79 Å². The Morgan fingerprint density at radius 2 is 1.85 bits per heavy atom. The van der Waals surface area contributed by atoms with E-state index >= 15 is 0 Å². The maximum Gasteiger partial charge on any atom is 0.471 e. The first-order valence-corrected chi connectivity index (χ1v) is 6.24. The van der Waals surface area contributed by atoms with Gasteiger partial charge >= 0.3 is 18.2 Å². The van der Waals surface area contributed by atoms with Crippen molar-refractivity contribution in [2.75, 3.05) is 20.1 Å². The molecule has 0 bridgehead atoms. The summed E-state index contributed by atoms with van der Waals surface area (Å²) in [4.78, 5) is 24.7. The first-order valence-electron chi connectivity index (χ1n) is 6.24. The molecule has 0 saturated carbocycles. The molecule has 0 aliphatic carbocycles. The maximum atomic E-state index is 12.3. The summed E-state index contributed by atoms with van der Waals surface area (Å²) in [6, 6.07) is -0.429. The molecule has 1 heterocycles. The van der Waals surface area contributed by atoms with Crippen LogP contribution in [-0.2, 0) is 9.53 Å². The zero-order chi connectivity index (χ0) is 15.7. The van der Waals surface area contributed by atoms with Crippen molar-refractivity contribution < 1.29 is 27.5 Å². The van der Waals surface area contributed by atoms with Crippen molar-refractivity contribution in [3.8, 4) is 0 Å². The maximum absolute atomic E-state index is 12.3. The second-order valence-electron chi connectivity index (χ2n) is 5.80. The van der Waals surface area contributed by atoms with E-state index in [1.165, 1.54) is 4.90 Å². The normalized spacial score (nSPS) is 19.4. The predicted octanol–water partition coefficient (Wildman–Crippen LogP) is 2.02. The third-order valence-corrected chi connectivity index (χ3v) is 2.85. The summed E-state index contributed by atoms with van der Waals surface area (Å²) in [6.45, 7) is 5.39. The average Bonchev–Trinajstić information content (AvgIpc) is 2.18. The molecule has 0 aromatic heterocycles. The van der Waals surface area contributed by atoms with E-state index in [0.29, 0.717) is 17.9 Å². The minimum absolute atomic E-state index is 0.155. The number of halogens is 3. The van der Waals surface area contributed by atoms with E-state index < -0.39 is 29.8 Å². The third kappa shape index (κ3) is 4.28. The van der Waals surface area contributed by atoms with Crippen molar-refractivity contribution in [2.45, 2.75) is 45.0 Å². The highest BCUT2D eigenvalue weighted by Crippen LogP contribution is 2.24. The molecule has 0 radical (unpaired) electrons. The Balaban J connectivity index is 2.54. The Morgan fingerprint density at radius 3 is 2.20 bits per heavy atom. The van der Waals surface area contributed by atoms with Crippen LogP contribution in [0.15, 0.2) is 0 Å². The highest BCUT2D eigenvalue weighted by molar-refractivity contribution is 5.81. The van der Waals surface area contributed by atoms with Gasteiger partial charge in [0.1, 0.15) is 5.60 Å². The number of hydrogen-bond donors (Lipinski definition) is 0. The summed E-state index contributed by atoms with van der Waals surface area (Å²) in [5, 5.41) is 0. The molecule has 2 amide bonds. The van der Waals surface area contributed by atoms with E-state index in [4.69, 9.17) is 4.74 Å². The lowest BCUT2D eigenvalue weighted by molar-refractivity contribution is -0.185. The van der Waals surface area contributed by atoms with Crippen LogP contribution in [-0.4, -0.2) is 59.8 Å². The van der Waals surface area contributed by atoms with E-state index in [1.54, 1.807) is 20.8 Å². The highest BCUT2D eigenvalue weighted by Gasteiger charge is 2.43. The number of ether oxygens (including phenoxy) is 1. The van der Waals surface area contributed by atoms with E-state index in [2.05, 4.69) is 0 Å². The number of likely N-dealkylation sites (N-methyl/N-ethyl adjacent to an activating group) is 1. The van der Waals surface area contributed by atoms with Crippen LogP contribution in [0.2, 0.25) is 0 Å². The van der Waals surface area contributed by atoms with E-state index in [0.717, 1.165) is 7.05 Å². The first kappa shape index (κ1) is 16.6. The van der Waals surface area contributed by atoms with Crippen LogP contribution in [0, 0.1) is 0 Å². The molecule has 1 aliphatic heterocycles. The molecule has 5 nitrogen and oxygen atoms in total. The molecule has 8 heteroatoms. The molecule has 1 saturated heterocycles. The van der Waals surface area contributed by atoms with E-state index in [9.17, 15) is 22.8 Å². The van der Waals surface area contributed by atoms with Crippen molar-refractivity contribution in [1.29, 1.82) is 0 Å². The first-order chi connectivity index (χ1) is 8.92. The number of alkyl halides is 3. The monoisotopic (exact) mass is 296 g/mol. The Kier molecular flexibility index (Phi) is 4.55. The van der Waals surface area contributed by atoms with Gasteiger partial charge in [0.2, 0.25) is 0 Å². The Labute approximate surface area is 115 Å². The largest absolute Gasteiger partial charge is 0.471 e. The van der Waals surface area contributed by atoms with Crippen molar-refractivity contribution in [3.05, 3.63) is 0 Å². The molecule has 1 rings (SSSR count). The highest BCUT2D eigenvalue weighted by atomic mass is 19.4. The summed E-state index contributed by atoms with van der Waals surface area (Å²) < 4.78 is 41.9. The van der Waals surface area contributed by atoms with Gasteiger partial charge in [-0.3, -0.25) is 4.79 Å². The Hall–Kier alpha value is -1.47. The molecule has 1 aliphatic rings. The summed E-state index contributed by atoms with van der Waals surface area (Å²) in [5.74, 6) is -1.91. The summed E-state index contributed by atoms with van der Waals surface area (Å²) in [5.41, 5.74) is -0.662. The number of hydrogen-bond acceptors (Lipinski definition) is 3. The van der Waals surface area contributed by atoms with Gasteiger partial charge in [0.05, 0.1) is 6.04 Å². The Morgan fingerprint density at radius 1 is 1.30 bits per heavy atom. The quantitative estimate of drug-likeness (QED) is 0.783. The van der Waals surface area contributed by atoms with Gasteiger partial charge < -0.3 is 14.5 Å². The lowest BCUT2D eigenvalue weighted by Gasteiger charge is -2.42. The van der Waals surface area contributed by atoms with Gasteiger partial charge in [0.25, 0.3) is 0 Å². The second kappa shape index (κ2) is 5.49. The zero-order valence-corrected chi connectivity index (χ0v) is 12.0. The fourth-order valence-corrected chi connectivity index (χ4v) is 1.81. The zero-order valence-electron chi connectivity index (χ0n) is 12.0. The van der Waals surface area contributed by atoms with E-state index in [-0.39, 0.29) is 6.54 Å². The van der Waals surface area contributed by atoms with Gasteiger partial charge in [0, 0.05) is 20.1 Å². The second-order valence-corrected chi connectivity index (χ2v) is 5.80. The Bertz CT molecular complexity index is 390. The van der Waals surface area contributed by atoms with Gasteiger partial charge in [-0.15, -0.1) is 0 Å². The topological polar surface area (TPSA) is 49.9 Å². The summed E-state index contributed by atoms with van der Waals surface area (Å²) in [6.07, 6.45) is -4.91. The molecular formula is C12H19F3N2O3. The van der Waals surface area contributed by atoms with Crippen molar-refractivity contribution in [2.24, 2.45) is 0 Å². The number of amides is 2. The fourth-order valence-electron chi connectivity index (χ4n) is 1.81. The molecule has 1 unspecified atom stereocenters. The van der Waals surface area contributed by atoms with Crippen LogP contribution in [0.3, 0.4) is 0 Å². The van der Waals surface area contributed by atoms with Crippen LogP contribution in [0.5, 0.6) is 0 Å². The van der Waals surface area contributed by atoms with Gasteiger partial charge in [-0.2, -0.15) is 13.2 Å². The van der Waals surface area contributed by atoms with Crippen LogP contribution >= 0.6 is 0 Å². The molecule has 20 heavy (non-hydrogen) atoms. The van der Waals surface area contributed by atoms with Gasteiger partial charge in [-0.05, 0) is 27.2 Å². The standard InChI is InChI=1S/C12H19F3N2O3/c1-11(2,3)20-10(19)17-6-5-8(17)7-16(4)9(18)12(13,14)15/h8H,5-7H2,1-4H3. The van der Waals surface area contributed by atoms with Gasteiger partial charge in [-0.1, -0.05) is 0 Å². The lowest BCUT2D eigenvalue weighted by Crippen LogP contribution is -2.58. The number of nitrogens with zero attached hydrogens (tertiary/aromatic N) is 2. The summed E-state index contributed by atoms with van der Waals surface area (Å²) >= 11 is 0. The minimum Gasteiger partial charge on any atom is -0.444 e. The number of carbonyl (C=O) groups excluding carboxylic acids is 2. The molecular weight excluding hydrogens is 277 g/mol. The minimum atomic E-state index is -4.89. The fraction of sp³-hybridized carbons (Fsp3) is 0.833. The predicted molar refractivity (Wildman–Crippen MR) is 65.0 cm³/mol. The van der Waals surface area contributed by atoms with Crippen molar-refractivity contribution in [3.63, 3.8) is 0 Å². The molecule has 1 atom stereocenters. The number of likely N-dealkylation sites (tertiary alicyclic amines) is 1. The summed E-state index contributed by atoms with van der Waals surface area (Å²) in [7, 11) is 1.07. The smallest absolute Gasteiger partial charge is 0.444 e. The SMILES string of the molecule is CN(CC1CCN1C(=O)OC(C)(C)C)C(=O)C(F)(F)F. The number of carbonyl (C=O) groups is 2. The molecule has 116 valence electrons. The lowest BCUT2D eigenvalue weighted by atomic mass is 10.0. The molecule has 0 spiro atoms. The van der Waals surface area contributed by atoms with Crippen LogP contribution in [0.4, 0.5) is 18.0 Å². The molecule has 0 aromatic rings. The average molecular weight is 296 g/mol. The molecule has 0 N–H and O–H groups in total. The third-order valence-electron chi connectivity index (χ3n) is 2.85. The van der Waals surface area contributed by atoms with Crippen molar-refractivity contribution in [1.82, 2.24) is 9.80 Å². The van der Waals surface area contributed by atoms with Crippen LogP contribution < -0.4 is 0 Å². The van der Waals surface area contributed by atoms with E-state index in [1.807, 2.05) is 0 Å². The molecule has 1 fully saturated rings.